The number of alkyl halides is 4. The first-order valence-electron chi connectivity index (χ1n) is 5.37. The molecular weight excluding hydrogens is 323 g/mol. The standard InChI is InChI=1S/C13H9BrF3NO/c14-7-9-1-6-12(19)18(8-9)11-4-2-10(3-5-11)13(15,16)17/h1-6,8H,7H2. The average Bonchev–Trinajstić information content (AvgIpc) is 2.38. The van der Waals surface area contributed by atoms with Gasteiger partial charge < -0.3 is 0 Å². The van der Waals surface area contributed by atoms with Gasteiger partial charge in [0.25, 0.3) is 5.56 Å². The zero-order chi connectivity index (χ0) is 14.0. The molecule has 0 atom stereocenters. The van der Waals surface area contributed by atoms with Gasteiger partial charge in [0.15, 0.2) is 0 Å². The second kappa shape index (κ2) is 5.21. The van der Waals surface area contributed by atoms with Gasteiger partial charge in [-0.1, -0.05) is 22.0 Å². The normalized spacial score (nSPS) is 11.6. The molecule has 6 heteroatoms. The Hall–Kier alpha value is -1.56. The van der Waals surface area contributed by atoms with Crippen molar-refractivity contribution in [3.63, 3.8) is 0 Å². The predicted molar refractivity (Wildman–Crippen MR) is 69.7 cm³/mol. The fourth-order valence-electron chi connectivity index (χ4n) is 1.62. The van der Waals surface area contributed by atoms with E-state index in [2.05, 4.69) is 15.9 Å². The monoisotopic (exact) mass is 331 g/mol. The average molecular weight is 332 g/mol. The van der Waals surface area contributed by atoms with Crippen molar-refractivity contribution in [2.45, 2.75) is 11.5 Å². The summed E-state index contributed by atoms with van der Waals surface area (Å²) in [5, 5.41) is 0.563. The van der Waals surface area contributed by atoms with Crippen LogP contribution in [0.3, 0.4) is 0 Å². The predicted octanol–water partition coefficient (Wildman–Crippen LogP) is 3.75. The lowest BCUT2D eigenvalue weighted by Crippen LogP contribution is -2.17. The molecule has 2 aromatic rings. The fraction of sp³-hybridized carbons (Fsp3) is 0.154. The van der Waals surface area contributed by atoms with Crippen LogP contribution < -0.4 is 5.56 Å². The lowest BCUT2D eigenvalue weighted by atomic mass is 10.2. The van der Waals surface area contributed by atoms with Crippen molar-refractivity contribution in [1.82, 2.24) is 4.57 Å². The molecule has 0 aliphatic heterocycles. The van der Waals surface area contributed by atoms with Crippen LogP contribution in [0.15, 0.2) is 47.4 Å². The Morgan fingerprint density at radius 3 is 2.21 bits per heavy atom. The lowest BCUT2D eigenvalue weighted by Gasteiger charge is -2.10. The van der Waals surface area contributed by atoms with Gasteiger partial charge >= 0.3 is 6.18 Å². The van der Waals surface area contributed by atoms with E-state index in [9.17, 15) is 18.0 Å². The summed E-state index contributed by atoms with van der Waals surface area (Å²) >= 11 is 3.26. The van der Waals surface area contributed by atoms with Gasteiger partial charge in [-0.2, -0.15) is 13.2 Å². The van der Waals surface area contributed by atoms with E-state index >= 15 is 0 Å². The highest BCUT2D eigenvalue weighted by Crippen LogP contribution is 2.29. The van der Waals surface area contributed by atoms with Crippen LogP contribution in [0.25, 0.3) is 5.69 Å². The van der Waals surface area contributed by atoms with Gasteiger partial charge in [-0.05, 0) is 29.8 Å². The largest absolute Gasteiger partial charge is 0.416 e. The van der Waals surface area contributed by atoms with Gasteiger partial charge in [0, 0.05) is 23.3 Å². The van der Waals surface area contributed by atoms with Gasteiger partial charge in [-0.15, -0.1) is 0 Å². The summed E-state index contributed by atoms with van der Waals surface area (Å²) in [6.07, 6.45) is -2.78. The first kappa shape index (κ1) is 13.9. The van der Waals surface area contributed by atoms with Crippen molar-refractivity contribution in [2.75, 3.05) is 0 Å². The summed E-state index contributed by atoms with van der Waals surface area (Å²) in [4.78, 5) is 11.7. The van der Waals surface area contributed by atoms with Crippen LogP contribution in [0, 0.1) is 0 Å². The zero-order valence-corrected chi connectivity index (χ0v) is 11.2. The molecule has 0 N–H and O–H groups in total. The Morgan fingerprint density at radius 2 is 1.68 bits per heavy atom. The van der Waals surface area contributed by atoms with Crippen molar-refractivity contribution in [1.29, 1.82) is 0 Å². The Labute approximate surface area is 115 Å². The van der Waals surface area contributed by atoms with Crippen LogP contribution >= 0.6 is 15.9 Å². The van der Waals surface area contributed by atoms with Gasteiger partial charge in [-0.25, -0.2) is 0 Å². The number of aromatic nitrogens is 1. The molecule has 0 amide bonds. The third-order valence-electron chi connectivity index (χ3n) is 2.60. The lowest BCUT2D eigenvalue weighted by molar-refractivity contribution is -0.137. The fourth-order valence-corrected chi connectivity index (χ4v) is 1.95. The molecule has 100 valence electrons. The highest BCUT2D eigenvalue weighted by atomic mass is 79.9. The van der Waals surface area contributed by atoms with Gasteiger partial charge in [0.2, 0.25) is 0 Å². The Morgan fingerprint density at radius 1 is 1.05 bits per heavy atom. The Balaban J connectivity index is 2.45. The molecule has 2 rings (SSSR count). The minimum Gasteiger partial charge on any atom is -0.284 e. The molecule has 0 radical (unpaired) electrons. The van der Waals surface area contributed by atoms with Gasteiger partial charge in [-0.3, -0.25) is 9.36 Å². The van der Waals surface area contributed by atoms with Crippen LogP contribution in [0.4, 0.5) is 13.2 Å². The van der Waals surface area contributed by atoms with Crippen molar-refractivity contribution in [3.8, 4) is 5.69 Å². The Kier molecular flexibility index (Phi) is 3.80. The highest BCUT2D eigenvalue weighted by Gasteiger charge is 2.29. The van der Waals surface area contributed by atoms with E-state index in [4.69, 9.17) is 0 Å². The van der Waals surface area contributed by atoms with Crippen molar-refractivity contribution >= 4 is 15.9 Å². The van der Waals surface area contributed by atoms with Crippen LogP contribution in [-0.4, -0.2) is 4.57 Å². The summed E-state index contributed by atoms with van der Waals surface area (Å²) in [5.41, 5.74) is 0.241. The second-order valence-electron chi connectivity index (χ2n) is 3.92. The minimum atomic E-state index is -4.37. The summed E-state index contributed by atoms with van der Waals surface area (Å²) < 4.78 is 38.7. The molecule has 1 heterocycles. The molecule has 0 fully saturated rings. The van der Waals surface area contributed by atoms with Crippen LogP contribution in [0.5, 0.6) is 0 Å². The smallest absolute Gasteiger partial charge is 0.284 e. The minimum absolute atomic E-state index is 0.288. The molecule has 0 aliphatic rings. The molecule has 0 saturated heterocycles. The number of rotatable bonds is 2. The van der Waals surface area contributed by atoms with Crippen molar-refractivity contribution in [2.24, 2.45) is 0 Å². The quantitative estimate of drug-likeness (QED) is 0.768. The maximum Gasteiger partial charge on any atom is 0.416 e. The summed E-state index contributed by atoms with van der Waals surface area (Å²) in [6.45, 7) is 0. The molecule has 0 aliphatic carbocycles. The molecule has 0 saturated carbocycles. The van der Waals surface area contributed by atoms with E-state index in [-0.39, 0.29) is 5.56 Å². The maximum atomic E-state index is 12.4. The second-order valence-corrected chi connectivity index (χ2v) is 4.48. The van der Waals surface area contributed by atoms with Crippen LogP contribution in [0.1, 0.15) is 11.1 Å². The summed E-state index contributed by atoms with van der Waals surface area (Å²) in [5.74, 6) is 0. The van der Waals surface area contributed by atoms with Crippen molar-refractivity contribution < 1.29 is 13.2 Å². The molecule has 1 aromatic carbocycles. The molecule has 0 bridgehead atoms. The number of hydrogen-bond acceptors (Lipinski definition) is 1. The number of hydrogen-bond donors (Lipinski definition) is 0. The van der Waals surface area contributed by atoms with Crippen LogP contribution in [-0.2, 0) is 11.5 Å². The molecule has 2 nitrogen and oxygen atoms in total. The number of nitrogens with zero attached hydrogens (tertiary/aromatic N) is 1. The first-order chi connectivity index (χ1) is 8.91. The molecular formula is C13H9BrF3NO. The van der Waals surface area contributed by atoms with Crippen LogP contribution in [0.2, 0.25) is 0 Å². The molecule has 0 spiro atoms. The van der Waals surface area contributed by atoms with E-state index in [0.717, 1.165) is 17.7 Å². The van der Waals surface area contributed by atoms with E-state index in [1.54, 1.807) is 12.3 Å². The van der Waals surface area contributed by atoms with E-state index in [1.807, 2.05) is 0 Å². The van der Waals surface area contributed by atoms with Crippen molar-refractivity contribution in [3.05, 3.63) is 64.1 Å². The summed E-state index contributed by atoms with van der Waals surface area (Å²) in [7, 11) is 0. The maximum absolute atomic E-state index is 12.4. The zero-order valence-electron chi connectivity index (χ0n) is 9.62. The van der Waals surface area contributed by atoms with E-state index in [1.165, 1.54) is 22.8 Å². The summed E-state index contributed by atoms with van der Waals surface area (Å²) in [6, 6.07) is 7.53. The van der Waals surface area contributed by atoms with E-state index in [0.29, 0.717) is 11.0 Å². The van der Waals surface area contributed by atoms with E-state index < -0.39 is 11.7 Å². The first-order valence-corrected chi connectivity index (χ1v) is 6.49. The van der Waals surface area contributed by atoms with Gasteiger partial charge in [0.05, 0.1) is 5.56 Å². The molecule has 0 unspecified atom stereocenters. The Bertz CT molecular complexity index is 632. The SMILES string of the molecule is O=c1ccc(CBr)cn1-c1ccc(C(F)(F)F)cc1. The molecule has 19 heavy (non-hydrogen) atoms. The highest BCUT2D eigenvalue weighted by molar-refractivity contribution is 9.08. The molecule has 1 aromatic heterocycles. The third-order valence-corrected chi connectivity index (χ3v) is 3.25. The third kappa shape index (κ3) is 3.07. The topological polar surface area (TPSA) is 22.0 Å². The number of benzene rings is 1. The number of pyridine rings is 1. The number of halogens is 4. The van der Waals surface area contributed by atoms with Gasteiger partial charge in [0.1, 0.15) is 0 Å².